The van der Waals surface area contributed by atoms with Gasteiger partial charge in [-0.25, -0.2) is 14.5 Å². The molecule has 0 aliphatic carbocycles. The van der Waals surface area contributed by atoms with E-state index in [9.17, 15) is 13.6 Å². The Morgan fingerprint density at radius 1 is 1.11 bits per heavy atom. The molecule has 0 bridgehead atoms. The largest absolute Gasteiger partial charge is 0.435 e. The van der Waals surface area contributed by atoms with E-state index in [-0.39, 0.29) is 23.2 Å². The molecule has 5 rings (SSSR count). The molecule has 0 saturated carbocycles. The van der Waals surface area contributed by atoms with E-state index in [0.717, 1.165) is 47.0 Å². The van der Waals surface area contributed by atoms with Crippen LogP contribution in [0.25, 0.3) is 17.1 Å². The van der Waals surface area contributed by atoms with Gasteiger partial charge in [0.1, 0.15) is 12.1 Å². The molecule has 1 atom stereocenters. The summed E-state index contributed by atoms with van der Waals surface area (Å²) in [6.07, 6.45) is 4.27. The lowest BCUT2D eigenvalue weighted by Gasteiger charge is -2.36. The minimum atomic E-state index is -2.87. The summed E-state index contributed by atoms with van der Waals surface area (Å²) in [7, 11) is 0. The standard InChI is InChI=1S/C34H38F2N6O2S/c1-5-25-8-6-7-9-29(25)42-23(2)18-19-45-33(42)39-32(43)37-21-34(3,4)20-24-10-12-26(13-11-24)30-38-22-41(40-30)27-14-16-28(17-15-27)44-31(35)36/h6-17,22-23,31H,5,18-21H2,1-4H3,(H,37,43)/b39-33-. The summed E-state index contributed by atoms with van der Waals surface area (Å²) in [6.45, 7) is 6.18. The lowest BCUT2D eigenvalue weighted by molar-refractivity contribution is -0.0498. The Morgan fingerprint density at radius 2 is 1.84 bits per heavy atom. The minimum Gasteiger partial charge on any atom is -0.435 e. The van der Waals surface area contributed by atoms with Gasteiger partial charge in [0, 0.05) is 29.6 Å². The van der Waals surface area contributed by atoms with Gasteiger partial charge >= 0.3 is 12.6 Å². The van der Waals surface area contributed by atoms with Crippen LogP contribution in [0, 0.1) is 5.41 Å². The van der Waals surface area contributed by atoms with Crippen LogP contribution in [0.2, 0.25) is 0 Å². The number of benzene rings is 3. The number of anilines is 1. The van der Waals surface area contributed by atoms with Crippen molar-refractivity contribution in [2.75, 3.05) is 17.2 Å². The van der Waals surface area contributed by atoms with E-state index < -0.39 is 6.61 Å². The van der Waals surface area contributed by atoms with Crippen molar-refractivity contribution in [1.29, 1.82) is 0 Å². The molecule has 1 saturated heterocycles. The third-order valence-electron chi connectivity index (χ3n) is 7.67. The van der Waals surface area contributed by atoms with E-state index in [2.05, 4.69) is 75.9 Å². The van der Waals surface area contributed by atoms with Crippen LogP contribution in [0.4, 0.5) is 19.3 Å². The summed E-state index contributed by atoms with van der Waals surface area (Å²) >= 11 is 1.63. The first kappa shape index (κ1) is 32.2. The normalized spacial score (nSPS) is 16.3. The molecule has 3 aromatic carbocycles. The average molecular weight is 633 g/mol. The maximum atomic E-state index is 13.0. The number of amidine groups is 1. The van der Waals surface area contributed by atoms with Crippen LogP contribution in [0.5, 0.6) is 5.75 Å². The predicted octanol–water partition coefficient (Wildman–Crippen LogP) is 7.76. The molecular formula is C34H38F2N6O2S. The molecule has 1 fully saturated rings. The molecule has 0 radical (unpaired) electrons. The highest BCUT2D eigenvalue weighted by molar-refractivity contribution is 8.14. The summed E-state index contributed by atoms with van der Waals surface area (Å²) < 4.78 is 30.8. The third-order valence-corrected chi connectivity index (χ3v) is 8.66. The highest BCUT2D eigenvalue weighted by atomic mass is 32.2. The molecule has 8 nitrogen and oxygen atoms in total. The van der Waals surface area contributed by atoms with Gasteiger partial charge in [0.2, 0.25) is 0 Å². The molecular weight excluding hydrogens is 594 g/mol. The number of aryl methyl sites for hydroxylation is 1. The van der Waals surface area contributed by atoms with Crippen LogP contribution in [-0.2, 0) is 12.8 Å². The lowest BCUT2D eigenvalue weighted by atomic mass is 9.85. The van der Waals surface area contributed by atoms with Crippen molar-refractivity contribution in [3.63, 3.8) is 0 Å². The van der Waals surface area contributed by atoms with Gasteiger partial charge in [-0.2, -0.15) is 13.8 Å². The topological polar surface area (TPSA) is 84.6 Å². The summed E-state index contributed by atoms with van der Waals surface area (Å²) in [5, 5.41) is 8.32. The fourth-order valence-electron chi connectivity index (χ4n) is 5.31. The van der Waals surface area contributed by atoms with Gasteiger partial charge in [-0.1, -0.05) is 75.0 Å². The molecule has 2 heterocycles. The Hall–Kier alpha value is -4.25. The zero-order valence-electron chi connectivity index (χ0n) is 25.9. The van der Waals surface area contributed by atoms with Crippen molar-refractivity contribution in [1.82, 2.24) is 20.1 Å². The van der Waals surface area contributed by atoms with Crippen molar-refractivity contribution in [3.8, 4) is 22.8 Å². The zero-order valence-corrected chi connectivity index (χ0v) is 26.7. The second-order valence-electron chi connectivity index (χ2n) is 11.8. The van der Waals surface area contributed by atoms with E-state index >= 15 is 0 Å². The van der Waals surface area contributed by atoms with E-state index in [1.165, 1.54) is 17.7 Å². The Kier molecular flexibility index (Phi) is 10.2. The first-order valence-corrected chi connectivity index (χ1v) is 16.0. The average Bonchev–Trinajstić information content (AvgIpc) is 3.51. The summed E-state index contributed by atoms with van der Waals surface area (Å²) in [6, 6.07) is 22.5. The number of amides is 2. The molecule has 1 unspecified atom stereocenters. The smallest absolute Gasteiger partial charge is 0.387 e. The van der Waals surface area contributed by atoms with Gasteiger partial charge in [0.25, 0.3) is 0 Å². The van der Waals surface area contributed by atoms with Crippen molar-refractivity contribution in [2.24, 2.45) is 10.4 Å². The van der Waals surface area contributed by atoms with Gasteiger partial charge < -0.3 is 15.0 Å². The number of thioether (sulfide) groups is 1. The van der Waals surface area contributed by atoms with Gasteiger partial charge in [0.05, 0.1) is 5.69 Å². The number of hydrogen-bond donors (Lipinski definition) is 1. The lowest BCUT2D eigenvalue weighted by Crippen LogP contribution is -2.43. The van der Waals surface area contributed by atoms with Crippen molar-refractivity contribution in [2.45, 2.75) is 59.6 Å². The number of hydrogen-bond acceptors (Lipinski definition) is 5. The number of nitrogens with one attached hydrogen (secondary N) is 1. The highest BCUT2D eigenvalue weighted by Gasteiger charge is 2.28. The number of ether oxygens (including phenoxy) is 1. The molecule has 1 aromatic heterocycles. The molecule has 1 N–H and O–H groups in total. The number of rotatable bonds is 10. The first-order valence-electron chi connectivity index (χ1n) is 15.0. The van der Waals surface area contributed by atoms with Crippen molar-refractivity contribution < 1.29 is 18.3 Å². The van der Waals surface area contributed by atoms with E-state index in [1.54, 1.807) is 34.9 Å². The summed E-state index contributed by atoms with van der Waals surface area (Å²) in [5.74, 6) is 1.56. The van der Waals surface area contributed by atoms with E-state index in [1.807, 2.05) is 30.3 Å². The Labute approximate surface area is 266 Å². The van der Waals surface area contributed by atoms with Gasteiger partial charge in [-0.15, -0.1) is 5.10 Å². The monoisotopic (exact) mass is 632 g/mol. The van der Waals surface area contributed by atoms with Crippen LogP contribution >= 0.6 is 11.8 Å². The molecule has 1 aliphatic rings. The maximum absolute atomic E-state index is 13.0. The van der Waals surface area contributed by atoms with E-state index in [4.69, 9.17) is 0 Å². The van der Waals surface area contributed by atoms with Crippen LogP contribution in [0.3, 0.4) is 0 Å². The Balaban J connectivity index is 1.19. The molecule has 4 aromatic rings. The number of halogens is 2. The molecule has 45 heavy (non-hydrogen) atoms. The van der Waals surface area contributed by atoms with Gasteiger partial charge in [0.15, 0.2) is 11.0 Å². The first-order chi connectivity index (χ1) is 21.6. The maximum Gasteiger partial charge on any atom is 0.387 e. The van der Waals surface area contributed by atoms with Crippen molar-refractivity contribution in [3.05, 3.63) is 90.3 Å². The number of aliphatic imine (C=N–C) groups is 1. The number of aromatic nitrogens is 3. The van der Waals surface area contributed by atoms with Crippen LogP contribution in [0.1, 0.15) is 45.2 Å². The number of urea groups is 1. The quantitative estimate of drug-likeness (QED) is 0.192. The summed E-state index contributed by atoms with van der Waals surface area (Å²) in [4.78, 5) is 24.2. The molecule has 1 aliphatic heterocycles. The van der Waals surface area contributed by atoms with Gasteiger partial charge in [-0.3, -0.25) is 0 Å². The SMILES string of the molecule is CCc1ccccc1N1/C(=N/C(=O)NCC(C)(C)Cc2ccc(-c3ncn(-c4ccc(OC(F)F)cc4)n3)cc2)SCCC1C. The van der Waals surface area contributed by atoms with Crippen LogP contribution < -0.4 is 15.0 Å². The number of para-hydroxylation sites is 1. The fraction of sp³-hybridized carbons (Fsp3) is 0.353. The predicted molar refractivity (Wildman–Crippen MR) is 177 cm³/mol. The Morgan fingerprint density at radius 3 is 2.56 bits per heavy atom. The van der Waals surface area contributed by atoms with Crippen molar-refractivity contribution >= 4 is 28.6 Å². The minimum absolute atomic E-state index is 0.0820. The number of carbonyl (C=O) groups is 1. The number of alkyl halides is 2. The highest BCUT2D eigenvalue weighted by Crippen LogP contribution is 2.32. The fourth-order valence-corrected chi connectivity index (χ4v) is 6.51. The Bertz CT molecular complexity index is 1620. The second-order valence-corrected chi connectivity index (χ2v) is 12.9. The molecule has 2 amide bonds. The molecule has 236 valence electrons. The number of nitrogens with zero attached hydrogens (tertiary/aromatic N) is 5. The second kappa shape index (κ2) is 14.2. The zero-order chi connectivity index (χ0) is 32.0. The summed E-state index contributed by atoms with van der Waals surface area (Å²) in [5.41, 5.74) is 4.80. The van der Waals surface area contributed by atoms with Crippen LogP contribution in [-0.4, -0.2) is 50.9 Å². The molecule has 11 heteroatoms. The molecule has 0 spiro atoms. The van der Waals surface area contributed by atoms with Crippen LogP contribution in [0.15, 0.2) is 84.1 Å². The van der Waals surface area contributed by atoms with E-state index in [0.29, 0.717) is 18.1 Å². The third kappa shape index (κ3) is 8.27. The number of carbonyl (C=O) groups excluding carboxylic acids is 1. The van der Waals surface area contributed by atoms with Gasteiger partial charge in [-0.05, 0) is 73.1 Å².